The van der Waals surface area contributed by atoms with Crippen LogP contribution in [0.25, 0.3) is 0 Å². The number of nitrogens with two attached hydrogens (primary N) is 1. The van der Waals surface area contributed by atoms with E-state index >= 15 is 0 Å². The summed E-state index contributed by atoms with van der Waals surface area (Å²) in [5.74, 6) is 1.68. The minimum Gasteiger partial charge on any atom is -0.497 e. The quantitative estimate of drug-likeness (QED) is 0.829. The molecule has 1 heterocycles. The minimum atomic E-state index is -0.862. The first kappa shape index (κ1) is 12.4. The van der Waals surface area contributed by atoms with Gasteiger partial charge in [0.1, 0.15) is 11.6 Å². The lowest BCUT2D eigenvalue weighted by Crippen LogP contribution is -2.40. The number of methoxy groups -OCH3 is 1. The van der Waals surface area contributed by atoms with Crippen LogP contribution < -0.4 is 15.8 Å². The fraction of sp³-hybridized carbons (Fsp3) is 0.308. The third kappa shape index (κ3) is 2.31. The Kier molecular flexibility index (Phi) is 3.25. The summed E-state index contributed by atoms with van der Waals surface area (Å²) < 4.78 is 5.21. The number of nitrogens with one attached hydrogen (secondary N) is 1. The lowest BCUT2D eigenvalue weighted by molar-refractivity contribution is 0.412. The Labute approximate surface area is 107 Å². The van der Waals surface area contributed by atoms with Crippen LogP contribution >= 0.6 is 0 Å². The summed E-state index contributed by atoms with van der Waals surface area (Å²) >= 11 is 0. The summed E-state index contributed by atoms with van der Waals surface area (Å²) in [6.45, 7) is 0. The van der Waals surface area contributed by atoms with Gasteiger partial charge in [-0.3, -0.25) is 5.73 Å². The fourth-order valence-corrected chi connectivity index (χ4v) is 1.78. The van der Waals surface area contributed by atoms with E-state index in [0.717, 1.165) is 17.1 Å². The Bertz CT molecular complexity index is 496. The molecule has 0 aliphatic carbocycles. The molecule has 1 aromatic rings. The van der Waals surface area contributed by atoms with Gasteiger partial charge in [-0.15, -0.1) is 0 Å². The van der Waals surface area contributed by atoms with Crippen molar-refractivity contribution in [3.05, 3.63) is 41.7 Å². The lowest BCUT2D eigenvalue weighted by Gasteiger charge is -2.29. The maximum Gasteiger partial charge on any atom is 0.158 e. The number of ether oxygens (including phenoxy) is 1. The number of nitrogens with zero attached hydrogens (tertiary/aromatic N) is 2. The molecule has 0 saturated carbocycles. The third-order valence-electron chi connectivity index (χ3n) is 2.86. The van der Waals surface area contributed by atoms with E-state index in [0.29, 0.717) is 0 Å². The van der Waals surface area contributed by atoms with Crippen LogP contribution in [0, 0.1) is 0 Å². The van der Waals surface area contributed by atoms with Crippen LogP contribution in [0.15, 0.2) is 41.2 Å². The monoisotopic (exact) mass is 246 g/mol. The first-order valence-electron chi connectivity index (χ1n) is 5.69. The Morgan fingerprint density at radius 1 is 1.39 bits per heavy atom. The molecule has 96 valence electrons. The van der Waals surface area contributed by atoms with E-state index in [1.54, 1.807) is 13.4 Å². The van der Waals surface area contributed by atoms with Crippen molar-refractivity contribution in [3.8, 4) is 5.75 Å². The highest BCUT2D eigenvalue weighted by molar-refractivity contribution is 5.61. The van der Waals surface area contributed by atoms with Crippen LogP contribution in [0.2, 0.25) is 0 Å². The van der Waals surface area contributed by atoms with Crippen molar-refractivity contribution in [3.63, 3.8) is 0 Å². The Hall–Kier alpha value is -2.01. The average molecular weight is 246 g/mol. The van der Waals surface area contributed by atoms with Gasteiger partial charge in [0.05, 0.1) is 13.4 Å². The van der Waals surface area contributed by atoms with Crippen molar-refractivity contribution in [1.29, 1.82) is 0 Å². The van der Waals surface area contributed by atoms with Crippen molar-refractivity contribution in [2.75, 3.05) is 21.2 Å². The average Bonchev–Trinajstić information content (AvgIpc) is 2.39. The van der Waals surface area contributed by atoms with E-state index in [1.807, 2.05) is 49.3 Å². The molecule has 2 rings (SSSR count). The summed E-state index contributed by atoms with van der Waals surface area (Å²) in [7, 11) is 5.53. The van der Waals surface area contributed by atoms with Gasteiger partial charge in [-0.25, -0.2) is 4.99 Å². The number of hydrogen-bond donors (Lipinski definition) is 2. The van der Waals surface area contributed by atoms with Crippen molar-refractivity contribution in [2.45, 2.75) is 5.66 Å². The molecule has 18 heavy (non-hydrogen) atoms. The highest BCUT2D eigenvalue weighted by Gasteiger charge is 2.27. The predicted molar refractivity (Wildman–Crippen MR) is 72.3 cm³/mol. The Morgan fingerprint density at radius 2 is 2.17 bits per heavy atom. The van der Waals surface area contributed by atoms with Gasteiger partial charge in [0.15, 0.2) is 5.66 Å². The van der Waals surface area contributed by atoms with Crippen molar-refractivity contribution in [2.24, 2.45) is 10.7 Å². The molecule has 5 nitrogen and oxygen atoms in total. The molecule has 1 aromatic carbocycles. The van der Waals surface area contributed by atoms with Gasteiger partial charge in [-0.05, 0) is 12.1 Å². The SMILES string of the molecule is COc1cccc(C2(N)C=C(N(C)C)NC=N2)c1. The molecule has 0 spiro atoms. The zero-order chi connectivity index (χ0) is 13.2. The van der Waals surface area contributed by atoms with E-state index in [4.69, 9.17) is 10.5 Å². The molecule has 1 atom stereocenters. The number of hydrogen-bond acceptors (Lipinski definition) is 5. The lowest BCUT2D eigenvalue weighted by atomic mass is 9.99. The van der Waals surface area contributed by atoms with Gasteiger partial charge in [-0.1, -0.05) is 12.1 Å². The highest BCUT2D eigenvalue weighted by Crippen LogP contribution is 2.27. The van der Waals surface area contributed by atoms with E-state index in [1.165, 1.54) is 0 Å². The smallest absolute Gasteiger partial charge is 0.158 e. The number of rotatable bonds is 3. The van der Waals surface area contributed by atoms with Crippen LogP contribution in [0.4, 0.5) is 0 Å². The summed E-state index contributed by atoms with van der Waals surface area (Å²) in [4.78, 5) is 6.27. The van der Waals surface area contributed by atoms with E-state index < -0.39 is 5.66 Å². The largest absolute Gasteiger partial charge is 0.497 e. The van der Waals surface area contributed by atoms with Crippen molar-refractivity contribution < 1.29 is 4.74 Å². The third-order valence-corrected chi connectivity index (χ3v) is 2.86. The van der Waals surface area contributed by atoms with Crippen LogP contribution in [-0.2, 0) is 5.66 Å². The molecule has 5 heteroatoms. The zero-order valence-corrected chi connectivity index (χ0v) is 10.8. The summed E-state index contributed by atoms with van der Waals surface area (Å²) in [5, 5.41) is 3.06. The number of aliphatic imine (C=N–C) groups is 1. The van der Waals surface area contributed by atoms with E-state index in [-0.39, 0.29) is 0 Å². The fourth-order valence-electron chi connectivity index (χ4n) is 1.78. The molecule has 1 aliphatic heterocycles. The van der Waals surface area contributed by atoms with Crippen molar-refractivity contribution in [1.82, 2.24) is 10.2 Å². The second-order valence-corrected chi connectivity index (χ2v) is 4.38. The maximum atomic E-state index is 6.34. The minimum absolute atomic E-state index is 0.769. The topological polar surface area (TPSA) is 62.9 Å². The van der Waals surface area contributed by atoms with Crippen LogP contribution in [0.1, 0.15) is 5.56 Å². The molecule has 0 fully saturated rings. The molecule has 0 amide bonds. The molecular formula is C13H18N4O. The second-order valence-electron chi connectivity index (χ2n) is 4.38. The molecule has 0 radical (unpaired) electrons. The van der Waals surface area contributed by atoms with Gasteiger partial charge < -0.3 is 15.0 Å². The van der Waals surface area contributed by atoms with Gasteiger partial charge in [-0.2, -0.15) is 0 Å². The standard InChI is InChI=1S/C13H18N4O/c1-17(2)12-8-13(14,16-9-15-12)10-5-4-6-11(7-10)18-3/h4-9H,14H2,1-3H3,(H,15,16). The van der Waals surface area contributed by atoms with Crippen LogP contribution in [-0.4, -0.2) is 32.4 Å². The first-order chi connectivity index (χ1) is 8.55. The number of benzene rings is 1. The Balaban J connectivity index is 2.40. The van der Waals surface area contributed by atoms with E-state index in [2.05, 4.69) is 10.3 Å². The van der Waals surface area contributed by atoms with Crippen LogP contribution in [0.3, 0.4) is 0 Å². The van der Waals surface area contributed by atoms with Gasteiger partial charge >= 0.3 is 0 Å². The summed E-state index contributed by atoms with van der Waals surface area (Å²) in [6, 6.07) is 7.62. The maximum absolute atomic E-state index is 6.34. The molecular weight excluding hydrogens is 228 g/mol. The Morgan fingerprint density at radius 3 is 2.83 bits per heavy atom. The summed E-state index contributed by atoms with van der Waals surface area (Å²) in [6.07, 6.45) is 3.51. The molecule has 0 bridgehead atoms. The second kappa shape index (κ2) is 4.70. The summed E-state index contributed by atoms with van der Waals surface area (Å²) in [5.41, 5.74) is 6.36. The predicted octanol–water partition coefficient (Wildman–Crippen LogP) is 0.841. The normalized spacial score (nSPS) is 22.1. The zero-order valence-electron chi connectivity index (χ0n) is 10.8. The van der Waals surface area contributed by atoms with Gasteiger partial charge in [0.2, 0.25) is 0 Å². The van der Waals surface area contributed by atoms with E-state index in [9.17, 15) is 0 Å². The molecule has 1 aliphatic rings. The molecule has 3 N–H and O–H groups in total. The van der Waals surface area contributed by atoms with Crippen molar-refractivity contribution >= 4 is 6.34 Å². The van der Waals surface area contributed by atoms with Gasteiger partial charge in [0.25, 0.3) is 0 Å². The first-order valence-corrected chi connectivity index (χ1v) is 5.69. The molecule has 1 unspecified atom stereocenters. The highest BCUT2D eigenvalue weighted by atomic mass is 16.5. The molecule has 0 saturated heterocycles. The molecule has 0 aromatic heterocycles. The van der Waals surface area contributed by atoms with Gasteiger partial charge in [0, 0.05) is 25.7 Å². The van der Waals surface area contributed by atoms with Crippen LogP contribution in [0.5, 0.6) is 5.75 Å².